The minimum absolute atomic E-state index is 0.169. The van der Waals surface area contributed by atoms with Crippen molar-refractivity contribution in [2.45, 2.75) is 63.0 Å². The van der Waals surface area contributed by atoms with E-state index >= 15 is 0 Å². The first-order valence-corrected chi connectivity index (χ1v) is 11.4. The molecule has 1 saturated carbocycles. The van der Waals surface area contributed by atoms with Crippen LogP contribution in [0.15, 0.2) is 23.4 Å². The molecule has 31 heavy (non-hydrogen) atoms. The van der Waals surface area contributed by atoms with Gasteiger partial charge in [-0.3, -0.25) is 9.36 Å². The molecule has 0 bridgehead atoms. The number of hydrogen-bond acceptors (Lipinski definition) is 5. The number of nitrogens with zero attached hydrogens (tertiary/aromatic N) is 3. The lowest BCUT2D eigenvalue weighted by molar-refractivity contribution is -0.136. The third kappa shape index (κ3) is 7.03. The van der Waals surface area contributed by atoms with Gasteiger partial charge in [0.2, 0.25) is 5.91 Å². The Morgan fingerprint density at radius 1 is 1.29 bits per heavy atom. The van der Waals surface area contributed by atoms with Crippen LogP contribution >= 0.6 is 23.4 Å². The predicted octanol–water partition coefficient (Wildman–Crippen LogP) is 5.09. The van der Waals surface area contributed by atoms with E-state index in [9.17, 15) is 18.0 Å². The smallest absolute Gasteiger partial charge is 0.405 e. The number of benzene rings is 1. The van der Waals surface area contributed by atoms with E-state index in [0.717, 1.165) is 49.4 Å². The van der Waals surface area contributed by atoms with Gasteiger partial charge in [0.15, 0.2) is 11.0 Å². The number of nitrogens with one attached hydrogen (secondary N) is 1. The highest BCUT2D eigenvalue weighted by molar-refractivity contribution is 7.99. The monoisotopic (exact) mass is 476 g/mol. The van der Waals surface area contributed by atoms with E-state index in [1.165, 1.54) is 0 Å². The molecule has 1 aromatic carbocycles. The molecule has 0 radical (unpaired) electrons. The summed E-state index contributed by atoms with van der Waals surface area (Å²) >= 11 is 7.08. The first-order valence-electron chi connectivity index (χ1n) is 10.0. The molecule has 3 rings (SSSR count). The van der Waals surface area contributed by atoms with Gasteiger partial charge in [-0.25, -0.2) is 0 Å². The van der Waals surface area contributed by atoms with Gasteiger partial charge >= 0.3 is 6.18 Å². The predicted molar refractivity (Wildman–Crippen MR) is 112 cm³/mol. The normalized spacial score (nSPS) is 15.1. The number of thioether (sulfide) groups is 1. The number of aromatic nitrogens is 3. The molecule has 1 heterocycles. The Balaban J connectivity index is 1.70. The average Bonchev–Trinajstić information content (AvgIpc) is 3.13. The maximum atomic E-state index is 12.3. The summed E-state index contributed by atoms with van der Waals surface area (Å²) in [5.74, 6) is 0.441. The summed E-state index contributed by atoms with van der Waals surface area (Å²) in [4.78, 5) is 11.8. The molecule has 0 aliphatic heterocycles. The van der Waals surface area contributed by atoms with Gasteiger partial charge in [0.1, 0.15) is 18.9 Å². The molecule has 2 aromatic rings. The molecule has 1 aromatic heterocycles. The van der Waals surface area contributed by atoms with E-state index in [4.69, 9.17) is 16.3 Å². The molecule has 0 spiro atoms. The van der Waals surface area contributed by atoms with Crippen LogP contribution in [0, 0.1) is 6.92 Å². The van der Waals surface area contributed by atoms with Crippen molar-refractivity contribution in [1.82, 2.24) is 20.1 Å². The number of carbonyl (C=O) groups excluding carboxylic acids is 1. The second-order valence-electron chi connectivity index (χ2n) is 7.44. The standard InChI is InChI=1S/C20H24ClF3N4O2S/c1-13-9-14(21)7-8-16(13)30-10-17-26-27-19(28(17)15-5-3-2-4-6-15)31-11-18(29)25-12-20(22,23)24/h7-9,15H,2-6,10-12H2,1H3,(H,25,29). The Labute approximate surface area is 187 Å². The van der Waals surface area contributed by atoms with Crippen LogP contribution < -0.4 is 10.1 Å². The maximum absolute atomic E-state index is 12.3. The number of carbonyl (C=O) groups is 1. The number of amides is 1. The summed E-state index contributed by atoms with van der Waals surface area (Å²) in [5.41, 5.74) is 0.896. The van der Waals surface area contributed by atoms with Gasteiger partial charge in [-0.05, 0) is 43.5 Å². The van der Waals surface area contributed by atoms with Gasteiger partial charge in [-0.2, -0.15) is 13.2 Å². The van der Waals surface area contributed by atoms with Crippen LogP contribution in [0.25, 0.3) is 0 Å². The van der Waals surface area contributed by atoms with Crippen LogP contribution in [0.2, 0.25) is 5.02 Å². The van der Waals surface area contributed by atoms with E-state index in [2.05, 4.69) is 10.2 Å². The van der Waals surface area contributed by atoms with Crippen LogP contribution in [-0.4, -0.2) is 39.1 Å². The summed E-state index contributed by atoms with van der Waals surface area (Å²) in [7, 11) is 0. The Morgan fingerprint density at radius 3 is 2.71 bits per heavy atom. The summed E-state index contributed by atoms with van der Waals surface area (Å²) in [6.45, 7) is 0.738. The molecule has 0 saturated heterocycles. The molecule has 1 aliphatic carbocycles. The summed E-state index contributed by atoms with van der Waals surface area (Å²) in [5, 5.41) is 11.5. The SMILES string of the molecule is Cc1cc(Cl)ccc1OCc1nnc(SCC(=O)NCC(F)(F)F)n1C1CCCCC1. The number of alkyl halides is 3. The molecular weight excluding hydrogens is 453 g/mol. The second kappa shape index (κ2) is 10.6. The highest BCUT2D eigenvalue weighted by Crippen LogP contribution is 2.33. The Hall–Kier alpha value is -1.94. The molecule has 1 amide bonds. The molecule has 1 N–H and O–H groups in total. The van der Waals surface area contributed by atoms with Gasteiger partial charge in [0, 0.05) is 11.1 Å². The third-order valence-electron chi connectivity index (χ3n) is 4.99. The summed E-state index contributed by atoms with van der Waals surface area (Å²) in [6, 6.07) is 5.52. The topological polar surface area (TPSA) is 69.0 Å². The molecule has 0 atom stereocenters. The number of rotatable bonds is 8. The number of hydrogen-bond donors (Lipinski definition) is 1. The molecule has 170 valence electrons. The minimum atomic E-state index is -4.44. The first-order chi connectivity index (χ1) is 14.7. The number of ether oxygens (including phenoxy) is 1. The quantitative estimate of drug-likeness (QED) is 0.537. The Kier molecular flexibility index (Phi) is 8.10. The van der Waals surface area contributed by atoms with Crippen molar-refractivity contribution in [2.75, 3.05) is 12.3 Å². The highest BCUT2D eigenvalue weighted by atomic mass is 35.5. The minimum Gasteiger partial charge on any atom is -0.485 e. The zero-order valence-corrected chi connectivity index (χ0v) is 18.6. The average molecular weight is 477 g/mol. The Bertz CT molecular complexity index is 901. The maximum Gasteiger partial charge on any atom is 0.405 e. The van der Waals surface area contributed by atoms with Crippen molar-refractivity contribution in [3.05, 3.63) is 34.6 Å². The van der Waals surface area contributed by atoms with Crippen molar-refractivity contribution in [3.8, 4) is 5.75 Å². The fraction of sp³-hybridized carbons (Fsp3) is 0.550. The fourth-order valence-electron chi connectivity index (χ4n) is 3.51. The van der Waals surface area contributed by atoms with E-state index in [1.54, 1.807) is 12.1 Å². The van der Waals surface area contributed by atoms with E-state index in [1.807, 2.05) is 22.9 Å². The van der Waals surface area contributed by atoms with Gasteiger partial charge < -0.3 is 10.1 Å². The molecule has 6 nitrogen and oxygen atoms in total. The van der Waals surface area contributed by atoms with Gasteiger partial charge in [-0.15, -0.1) is 10.2 Å². The zero-order valence-electron chi connectivity index (χ0n) is 17.0. The molecule has 11 heteroatoms. The molecule has 1 fully saturated rings. The summed E-state index contributed by atoms with van der Waals surface area (Å²) < 4.78 is 44.8. The zero-order chi connectivity index (χ0) is 22.4. The van der Waals surface area contributed by atoms with Crippen LogP contribution in [0.4, 0.5) is 13.2 Å². The largest absolute Gasteiger partial charge is 0.485 e. The van der Waals surface area contributed by atoms with Crippen LogP contribution in [0.1, 0.15) is 49.5 Å². The van der Waals surface area contributed by atoms with Crippen molar-refractivity contribution >= 4 is 29.3 Å². The first kappa shape index (κ1) is 23.7. The fourth-order valence-corrected chi connectivity index (χ4v) is 4.59. The van der Waals surface area contributed by atoms with Crippen molar-refractivity contribution in [2.24, 2.45) is 0 Å². The third-order valence-corrected chi connectivity index (χ3v) is 6.17. The van der Waals surface area contributed by atoms with Gasteiger partial charge in [0.25, 0.3) is 0 Å². The number of aryl methyl sites for hydroxylation is 1. The highest BCUT2D eigenvalue weighted by Gasteiger charge is 2.28. The lowest BCUT2D eigenvalue weighted by Gasteiger charge is -2.25. The summed E-state index contributed by atoms with van der Waals surface area (Å²) in [6.07, 6.45) is 0.798. The van der Waals surface area contributed by atoms with Gasteiger partial charge in [0.05, 0.1) is 5.75 Å². The van der Waals surface area contributed by atoms with Crippen molar-refractivity contribution in [3.63, 3.8) is 0 Å². The second-order valence-corrected chi connectivity index (χ2v) is 8.82. The van der Waals surface area contributed by atoms with Crippen LogP contribution in [-0.2, 0) is 11.4 Å². The van der Waals surface area contributed by atoms with Gasteiger partial charge in [-0.1, -0.05) is 42.6 Å². The van der Waals surface area contributed by atoms with E-state index < -0.39 is 18.6 Å². The van der Waals surface area contributed by atoms with E-state index in [0.29, 0.717) is 21.8 Å². The number of halogens is 4. The lowest BCUT2D eigenvalue weighted by atomic mass is 9.95. The van der Waals surface area contributed by atoms with Crippen LogP contribution in [0.5, 0.6) is 5.75 Å². The van der Waals surface area contributed by atoms with Crippen molar-refractivity contribution in [1.29, 1.82) is 0 Å². The molecule has 0 unspecified atom stereocenters. The molecular formula is C20H24ClF3N4O2S. The van der Waals surface area contributed by atoms with Crippen molar-refractivity contribution < 1.29 is 22.7 Å². The van der Waals surface area contributed by atoms with Crippen LogP contribution in [0.3, 0.4) is 0 Å². The Morgan fingerprint density at radius 2 is 2.03 bits per heavy atom. The molecule has 1 aliphatic rings. The van der Waals surface area contributed by atoms with E-state index in [-0.39, 0.29) is 18.4 Å². The lowest BCUT2D eigenvalue weighted by Crippen LogP contribution is -2.34.